The molecule has 2 amide bonds. The standard InChI is InChI=1S/C33H44N6O4S/c1-6-10-22(2)13-14-24-25(19-34)29(39-17-15-33(21-40,16-18-39)38-31(42)43-32(3,4)5)37-30(26(24)20-35)44-27(28(36)41)23-11-8-7-9-12-23/h7-9,11-12,22,27,40H,6,10,13-18,21H2,1-5H3,(H2,36,41)(H,38,42)/t22-,27?/m0/s1. The molecule has 1 unspecified atom stereocenters. The molecule has 0 saturated carbocycles. The fourth-order valence-corrected chi connectivity index (χ4v) is 6.50. The number of thioether (sulfide) groups is 1. The van der Waals surface area contributed by atoms with Gasteiger partial charge >= 0.3 is 6.09 Å². The number of pyridine rings is 1. The Morgan fingerprint density at radius 3 is 2.32 bits per heavy atom. The first kappa shape index (κ1) is 34.7. The summed E-state index contributed by atoms with van der Waals surface area (Å²) in [6, 6.07) is 13.7. The highest BCUT2D eigenvalue weighted by Gasteiger charge is 2.38. The number of primary amides is 1. The fourth-order valence-electron chi connectivity index (χ4n) is 5.44. The number of aromatic nitrogens is 1. The number of benzene rings is 1. The van der Waals surface area contributed by atoms with Crippen molar-refractivity contribution in [3.8, 4) is 12.1 Å². The Kier molecular flexibility index (Phi) is 12.0. The van der Waals surface area contributed by atoms with Crippen LogP contribution in [0.25, 0.3) is 0 Å². The number of alkyl carbamates (subject to hydrolysis) is 1. The van der Waals surface area contributed by atoms with E-state index in [0.29, 0.717) is 65.8 Å². The highest BCUT2D eigenvalue weighted by Crippen LogP contribution is 2.41. The van der Waals surface area contributed by atoms with Crippen LogP contribution in [0.15, 0.2) is 35.4 Å². The van der Waals surface area contributed by atoms with Crippen molar-refractivity contribution in [2.75, 3.05) is 24.6 Å². The number of nitriles is 2. The van der Waals surface area contributed by atoms with Gasteiger partial charge in [0.15, 0.2) is 0 Å². The zero-order valence-corrected chi connectivity index (χ0v) is 27.2. The summed E-state index contributed by atoms with van der Waals surface area (Å²) in [6.07, 6.45) is 3.53. The predicted octanol–water partition coefficient (Wildman–Crippen LogP) is 5.37. The molecule has 2 aromatic rings. The van der Waals surface area contributed by atoms with Gasteiger partial charge in [-0.3, -0.25) is 4.79 Å². The number of hydrogen-bond acceptors (Lipinski definition) is 9. The van der Waals surface area contributed by atoms with E-state index in [1.54, 1.807) is 20.8 Å². The fraction of sp³-hybridized carbons (Fsp3) is 0.545. The van der Waals surface area contributed by atoms with Crippen LogP contribution >= 0.6 is 11.8 Å². The molecule has 1 saturated heterocycles. The summed E-state index contributed by atoms with van der Waals surface area (Å²) in [5.74, 6) is 0.259. The topological polar surface area (TPSA) is 165 Å². The Labute approximate surface area is 265 Å². The number of piperidine rings is 1. The van der Waals surface area contributed by atoms with Crippen LogP contribution in [-0.4, -0.2) is 52.9 Å². The van der Waals surface area contributed by atoms with Crippen LogP contribution in [0.5, 0.6) is 0 Å². The summed E-state index contributed by atoms with van der Waals surface area (Å²) in [6.45, 7) is 10.1. The lowest BCUT2D eigenvalue weighted by Crippen LogP contribution is -2.58. The Morgan fingerprint density at radius 1 is 1.16 bits per heavy atom. The van der Waals surface area contributed by atoms with Crippen molar-refractivity contribution in [2.45, 2.75) is 94.6 Å². The van der Waals surface area contributed by atoms with Gasteiger partial charge in [0, 0.05) is 13.1 Å². The second-order valence-electron chi connectivity index (χ2n) is 12.5. The van der Waals surface area contributed by atoms with Crippen molar-refractivity contribution in [3.63, 3.8) is 0 Å². The van der Waals surface area contributed by atoms with Crippen molar-refractivity contribution < 1.29 is 19.4 Å². The minimum Gasteiger partial charge on any atom is -0.444 e. The summed E-state index contributed by atoms with van der Waals surface area (Å²) in [5, 5.41) is 33.5. The zero-order valence-electron chi connectivity index (χ0n) is 26.4. The highest BCUT2D eigenvalue weighted by atomic mass is 32.2. The van der Waals surface area contributed by atoms with Gasteiger partial charge in [-0.05, 0) is 63.5 Å². The lowest BCUT2D eigenvalue weighted by atomic mass is 9.87. The van der Waals surface area contributed by atoms with Gasteiger partial charge in [-0.1, -0.05) is 68.8 Å². The maximum Gasteiger partial charge on any atom is 0.408 e. The van der Waals surface area contributed by atoms with Crippen molar-refractivity contribution in [1.82, 2.24) is 10.3 Å². The SMILES string of the molecule is CCC[C@H](C)CCc1c(C#N)c(SC(C(N)=O)c2ccccc2)nc(N2CCC(CO)(NC(=O)OC(C)(C)C)CC2)c1C#N. The van der Waals surface area contributed by atoms with Crippen molar-refractivity contribution >= 4 is 29.6 Å². The van der Waals surface area contributed by atoms with E-state index in [1.165, 1.54) is 0 Å². The first-order valence-electron chi connectivity index (χ1n) is 15.1. The molecule has 1 fully saturated rings. The van der Waals surface area contributed by atoms with E-state index in [9.17, 15) is 25.2 Å². The molecule has 2 heterocycles. The van der Waals surface area contributed by atoms with Crippen LogP contribution in [0.1, 0.15) is 94.2 Å². The summed E-state index contributed by atoms with van der Waals surface area (Å²) in [4.78, 5) is 32.0. The van der Waals surface area contributed by atoms with E-state index in [1.807, 2.05) is 35.2 Å². The lowest BCUT2D eigenvalue weighted by Gasteiger charge is -2.42. The maximum atomic E-state index is 12.6. The second-order valence-corrected chi connectivity index (χ2v) is 13.6. The molecule has 1 aliphatic heterocycles. The van der Waals surface area contributed by atoms with Crippen LogP contribution in [0.3, 0.4) is 0 Å². The number of ether oxygens (including phenoxy) is 1. The molecule has 3 rings (SSSR count). The molecule has 0 aliphatic carbocycles. The van der Waals surface area contributed by atoms with Crippen LogP contribution in [-0.2, 0) is 16.0 Å². The van der Waals surface area contributed by atoms with Crippen LogP contribution < -0.4 is 16.0 Å². The number of carbonyl (C=O) groups is 2. The summed E-state index contributed by atoms with van der Waals surface area (Å²) in [5.41, 5.74) is 6.20. The molecule has 0 radical (unpaired) electrons. The van der Waals surface area contributed by atoms with Crippen LogP contribution in [0.4, 0.5) is 10.6 Å². The van der Waals surface area contributed by atoms with E-state index in [0.717, 1.165) is 31.0 Å². The number of carbonyl (C=O) groups excluding carboxylic acids is 2. The molecule has 2 atom stereocenters. The Balaban J connectivity index is 2.04. The number of rotatable bonds is 12. The van der Waals surface area contributed by atoms with Gasteiger partial charge in [-0.2, -0.15) is 10.5 Å². The molecule has 10 nitrogen and oxygen atoms in total. The third kappa shape index (κ3) is 8.87. The largest absolute Gasteiger partial charge is 0.444 e. The van der Waals surface area contributed by atoms with Crippen molar-refractivity contribution in [1.29, 1.82) is 10.5 Å². The average molecular weight is 621 g/mol. The minimum absolute atomic E-state index is 0.273. The summed E-state index contributed by atoms with van der Waals surface area (Å²) in [7, 11) is 0. The predicted molar refractivity (Wildman–Crippen MR) is 171 cm³/mol. The van der Waals surface area contributed by atoms with E-state index in [4.69, 9.17) is 15.5 Å². The zero-order chi connectivity index (χ0) is 32.5. The molecular formula is C33H44N6O4S. The van der Waals surface area contributed by atoms with Gasteiger partial charge in [0.25, 0.3) is 0 Å². The number of hydrogen-bond donors (Lipinski definition) is 3. The van der Waals surface area contributed by atoms with E-state index >= 15 is 0 Å². The number of aliphatic hydroxyl groups excluding tert-OH is 1. The molecule has 1 aromatic carbocycles. The quantitative estimate of drug-likeness (QED) is 0.265. The Morgan fingerprint density at radius 2 is 1.80 bits per heavy atom. The molecule has 4 N–H and O–H groups in total. The normalized spacial score (nSPS) is 15.9. The Bertz CT molecular complexity index is 1390. The molecule has 0 spiro atoms. The smallest absolute Gasteiger partial charge is 0.408 e. The number of aliphatic hydroxyl groups is 1. The third-order valence-electron chi connectivity index (χ3n) is 7.82. The van der Waals surface area contributed by atoms with Crippen LogP contribution in [0.2, 0.25) is 0 Å². The molecule has 1 aromatic heterocycles. The minimum atomic E-state index is -0.890. The third-order valence-corrected chi connectivity index (χ3v) is 9.08. The Hall–Kier alpha value is -3.80. The molecular weight excluding hydrogens is 576 g/mol. The van der Waals surface area contributed by atoms with Gasteiger partial charge in [-0.25, -0.2) is 9.78 Å². The second kappa shape index (κ2) is 15.3. The molecule has 236 valence electrons. The van der Waals surface area contributed by atoms with Crippen molar-refractivity contribution in [3.05, 3.63) is 52.6 Å². The number of nitrogens with one attached hydrogen (secondary N) is 1. The number of nitrogens with zero attached hydrogens (tertiary/aromatic N) is 4. The number of anilines is 1. The lowest BCUT2D eigenvalue weighted by molar-refractivity contribution is -0.117. The number of nitrogens with two attached hydrogens (primary N) is 1. The molecule has 11 heteroatoms. The molecule has 44 heavy (non-hydrogen) atoms. The molecule has 0 bridgehead atoms. The van der Waals surface area contributed by atoms with E-state index in [-0.39, 0.29) is 12.2 Å². The van der Waals surface area contributed by atoms with E-state index < -0.39 is 28.4 Å². The summed E-state index contributed by atoms with van der Waals surface area (Å²) < 4.78 is 5.43. The average Bonchev–Trinajstić information content (AvgIpc) is 2.98. The highest BCUT2D eigenvalue weighted by molar-refractivity contribution is 8.00. The first-order valence-corrected chi connectivity index (χ1v) is 16.0. The van der Waals surface area contributed by atoms with Gasteiger partial charge < -0.3 is 25.8 Å². The van der Waals surface area contributed by atoms with Crippen LogP contribution in [0, 0.1) is 28.6 Å². The molecule has 1 aliphatic rings. The number of amides is 2. The monoisotopic (exact) mass is 620 g/mol. The van der Waals surface area contributed by atoms with Crippen molar-refractivity contribution in [2.24, 2.45) is 11.7 Å². The van der Waals surface area contributed by atoms with Gasteiger partial charge in [0.05, 0.1) is 23.3 Å². The van der Waals surface area contributed by atoms with Gasteiger partial charge in [-0.15, -0.1) is 0 Å². The van der Waals surface area contributed by atoms with Gasteiger partial charge in [0.1, 0.15) is 33.8 Å². The van der Waals surface area contributed by atoms with E-state index in [2.05, 4.69) is 31.3 Å². The maximum absolute atomic E-state index is 12.6. The summed E-state index contributed by atoms with van der Waals surface area (Å²) >= 11 is 1.12. The first-order chi connectivity index (χ1) is 20.9. The van der Waals surface area contributed by atoms with Gasteiger partial charge in [0.2, 0.25) is 5.91 Å².